The fourth-order valence-corrected chi connectivity index (χ4v) is 4.47. The van der Waals surface area contributed by atoms with Gasteiger partial charge in [0.05, 0.1) is 4.91 Å². The molecule has 2 heterocycles. The van der Waals surface area contributed by atoms with Gasteiger partial charge >= 0.3 is 5.97 Å². The molecule has 150 valence electrons. The van der Waals surface area contributed by atoms with Crippen LogP contribution >= 0.6 is 24.0 Å². The summed E-state index contributed by atoms with van der Waals surface area (Å²) in [7, 11) is 0. The third kappa shape index (κ3) is 3.94. The first-order chi connectivity index (χ1) is 14.4. The number of nitrogens with zero attached hydrogens (tertiary/aromatic N) is 1. The van der Waals surface area contributed by atoms with Crippen molar-refractivity contribution in [1.82, 2.24) is 4.90 Å². The van der Waals surface area contributed by atoms with Crippen molar-refractivity contribution in [3.63, 3.8) is 0 Å². The van der Waals surface area contributed by atoms with Crippen LogP contribution in [0.1, 0.15) is 22.9 Å². The maximum absolute atomic E-state index is 13.0. The van der Waals surface area contributed by atoms with Crippen molar-refractivity contribution in [1.29, 1.82) is 0 Å². The number of aryl methyl sites for hydroxylation is 1. The van der Waals surface area contributed by atoms with Gasteiger partial charge in [-0.05, 0) is 24.6 Å². The van der Waals surface area contributed by atoms with Crippen LogP contribution in [0.15, 0.2) is 76.1 Å². The summed E-state index contributed by atoms with van der Waals surface area (Å²) in [6, 6.07) is 18.9. The van der Waals surface area contributed by atoms with E-state index >= 15 is 0 Å². The summed E-state index contributed by atoms with van der Waals surface area (Å²) in [6.45, 7) is 2.01. The van der Waals surface area contributed by atoms with E-state index < -0.39 is 17.9 Å². The molecule has 1 aliphatic heterocycles. The number of carbonyl (C=O) groups excluding carboxylic acids is 1. The molecule has 0 radical (unpaired) electrons. The highest BCUT2D eigenvalue weighted by Gasteiger charge is 2.41. The van der Waals surface area contributed by atoms with Crippen molar-refractivity contribution in [3.05, 3.63) is 88.5 Å². The Balaban J connectivity index is 1.62. The van der Waals surface area contributed by atoms with Gasteiger partial charge in [0.2, 0.25) is 0 Å². The minimum Gasteiger partial charge on any atom is -0.479 e. The van der Waals surface area contributed by atoms with Gasteiger partial charge in [-0.25, -0.2) is 4.79 Å². The van der Waals surface area contributed by atoms with Crippen LogP contribution in [0.5, 0.6) is 0 Å². The molecule has 1 fully saturated rings. The van der Waals surface area contributed by atoms with Crippen LogP contribution in [0.3, 0.4) is 0 Å². The summed E-state index contributed by atoms with van der Waals surface area (Å²) in [5.41, 5.74) is 2.57. The van der Waals surface area contributed by atoms with Gasteiger partial charge in [-0.1, -0.05) is 84.1 Å². The molecule has 1 amide bonds. The first-order valence-corrected chi connectivity index (χ1v) is 10.4. The van der Waals surface area contributed by atoms with Gasteiger partial charge in [-0.15, -0.1) is 0 Å². The Morgan fingerprint density at radius 2 is 1.80 bits per heavy atom. The number of carboxylic acids is 1. The predicted octanol–water partition coefficient (Wildman–Crippen LogP) is 5.28. The van der Waals surface area contributed by atoms with Crippen molar-refractivity contribution >= 4 is 46.3 Å². The molecular weight excluding hydrogens is 418 g/mol. The first kappa shape index (κ1) is 20.1. The topological polar surface area (TPSA) is 70.8 Å². The highest BCUT2D eigenvalue weighted by atomic mass is 32.2. The minimum absolute atomic E-state index is 0.202. The third-order valence-electron chi connectivity index (χ3n) is 4.67. The van der Waals surface area contributed by atoms with Crippen LogP contribution < -0.4 is 0 Å². The SMILES string of the molecule is Cc1ccc(-c2ccc(/C=C3\SC(=S)N(C(C(=O)O)c4ccccc4)C3=O)o2)cc1. The molecule has 5 nitrogen and oxygen atoms in total. The molecule has 1 unspecified atom stereocenters. The van der Waals surface area contributed by atoms with Crippen molar-refractivity contribution < 1.29 is 19.1 Å². The Morgan fingerprint density at radius 3 is 2.47 bits per heavy atom. The number of aliphatic carboxylic acids is 1. The normalized spacial score (nSPS) is 16.3. The number of carboxylic acid groups (broad SMARTS) is 1. The molecule has 7 heteroatoms. The van der Waals surface area contributed by atoms with Gasteiger partial charge in [0.25, 0.3) is 5.91 Å². The Bertz CT molecular complexity index is 1150. The molecule has 2 aromatic carbocycles. The van der Waals surface area contributed by atoms with E-state index in [0.29, 0.717) is 22.0 Å². The van der Waals surface area contributed by atoms with Crippen LogP contribution in [0.4, 0.5) is 0 Å². The Morgan fingerprint density at radius 1 is 1.10 bits per heavy atom. The summed E-state index contributed by atoms with van der Waals surface area (Å²) in [5, 5.41) is 9.75. The molecule has 1 aliphatic rings. The van der Waals surface area contributed by atoms with Crippen molar-refractivity contribution in [2.24, 2.45) is 0 Å². The first-order valence-electron chi connectivity index (χ1n) is 9.16. The van der Waals surface area contributed by atoms with E-state index in [1.807, 2.05) is 37.3 Å². The van der Waals surface area contributed by atoms with Crippen LogP contribution in [-0.2, 0) is 9.59 Å². The number of thioether (sulfide) groups is 1. The molecule has 3 aromatic rings. The zero-order valence-corrected chi connectivity index (χ0v) is 17.6. The highest BCUT2D eigenvalue weighted by molar-refractivity contribution is 8.26. The van der Waals surface area contributed by atoms with Crippen molar-refractivity contribution in [3.8, 4) is 11.3 Å². The summed E-state index contributed by atoms with van der Waals surface area (Å²) in [6.07, 6.45) is 1.60. The van der Waals surface area contributed by atoms with E-state index in [4.69, 9.17) is 16.6 Å². The van der Waals surface area contributed by atoms with Crippen molar-refractivity contribution in [2.45, 2.75) is 13.0 Å². The minimum atomic E-state index is -1.18. The van der Waals surface area contributed by atoms with Crippen LogP contribution in [0.25, 0.3) is 17.4 Å². The second kappa shape index (κ2) is 8.30. The van der Waals surface area contributed by atoms with Crippen LogP contribution in [0.2, 0.25) is 0 Å². The quantitative estimate of drug-likeness (QED) is 0.434. The number of carbonyl (C=O) groups is 2. The number of benzene rings is 2. The largest absolute Gasteiger partial charge is 0.479 e. The molecule has 1 atom stereocenters. The maximum atomic E-state index is 13.0. The maximum Gasteiger partial charge on any atom is 0.331 e. The number of thiocarbonyl (C=S) groups is 1. The zero-order chi connectivity index (χ0) is 21.3. The number of hydrogen-bond donors (Lipinski definition) is 1. The predicted molar refractivity (Wildman–Crippen MR) is 121 cm³/mol. The Kier molecular flexibility index (Phi) is 5.57. The summed E-state index contributed by atoms with van der Waals surface area (Å²) < 4.78 is 6.06. The van der Waals surface area contributed by atoms with Gasteiger partial charge < -0.3 is 9.52 Å². The molecule has 0 spiro atoms. The van der Waals surface area contributed by atoms with Gasteiger partial charge in [-0.2, -0.15) is 0 Å². The summed E-state index contributed by atoms with van der Waals surface area (Å²) >= 11 is 6.40. The van der Waals surface area contributed by atoms with E-state index in [1.54, 1.807) is 42.5 Å². The van der Waals surface area contributed by atoms with E-state index in [1.165, 1.54) is 0 Å². The fourth-order valence-electron chi connectivity index (χ4n) is 3.17. The lowest BCUT2D eigenvalue weighted by molar-refractivity contribution is -0.145. The average Bonchev–Trinajstić information content (AvgIpc) is 3.30. The lowest BCUT2D eigenvalue weighted by Crippen LogP contribution is -2.37. The van der Waals surface area contributed by atoms with Gasteiger partial charge in [0.15, 0.2) is 6.04 Å². The molecular formula is C23H17NO4S2. The molecule has 30 heavy (non-hydrogen) atoms. The van der Waals surface area contributed by atoms with Gasteiger partial charge in [0.1, 0.15) is 15.8 Å². The number of rotatable bonds is 5. The number of amides is 1. The Labute approximate surface area is 183 Å². The van der Waals surface area contributed by atoms with Crippen LogP contribution in [-0.4, -0.2) is 26.2 Å². The second-order valence-electron chi connectivity index (χ2n) is 6.77. The number of hydrogen-bond acceptors (Lipinski definition) is 5. The summed E-state index contributed by atoms with van der Waals surface area (Å²) in [5.74, 6) is -0.407. The average molecular weight is 436 g/mol. The molecule has 0 aliphatic carbocycles. The molecule has 4 rings (SSSR count). The van der Waals surface area contributed by atoms with Crippen molar-refractivity contribution in [2.75, 3.05) is 0 Å². The smallest absolute Gasteiger partial charge is 0.331 e. The lowest BCUT2D eigenvalue weighted by Gasteiger charge is -2.23. The monoisotopic (exact) mass is 435 g/mol. The summed E-state index contributed by atoms with van der Waals surface area (Å²) in [4.78, 5) is 26.4. The van der Waals surface area contributed by atoms with E-state index in [9.17, 15) is 14.7 Å². The van der Waals surface area contributed by atoms with Gasteiger partial charge in [-0.3, -0.25) is 9.69 Å². The fraction of sp³-hybridized carbons (Fsp3) is 0.0870. The van der Waals surface area contributed by atoms with E-state index in [-0.39, 0.29) is 4.32 Å². The Hall–Kier alpha value is -3.16. The second-order valence-corrected chi connectivity index (χ2v) is 8.45. The molecule has 1 aromatic heterocycles. The molecule has 0 saturated carbocycles. The lowest BCUT2D eigenvalue weighted by atomic mass is 10.1. The number of furan rings is 1. The third-order valence-corrected chi connectivity index (χ3v) is 6.00. The molecule has 1 N–H and O–H groups in total. The van der Waals surface area contributed by atoms with Crippen LogP contribution in [0, 0.1) is 6.92 Å². The standard InChI is InChI=1S/C23H17NO4S2/c1-14-7-9-15(10-8-14)18-12-11-17(28-18)13-19-21(25)24(23(29)30-19)20(22(26)27)16-5-3-2-4-6-16/h2-13,20H,1H3,(H,26,27)/b19-13-. The molecule has 0 bridgehead atoms. The molecule has 1 saturated heterocycles. The van der Waals surface area contributed by atoms with E-state index in [0.717, 1.165) is 27.8 Å². The van der Waals surface area contributed by atoms with Gasteiger partial charge in [0, 0.05) is 11.6 Å². The zero-order valence-electron chi connectivity index (χ0n) is 15.9. The van der Waals surface area contributed by atoms with E-state index in [2.05, 4.69) is 0 Å². The highest BCUT2D eigenvalue weighted by Crippen LogP contribution is 2.38.